The predicted molar refractivity (Wildman–Crippen MR) is 53.4 cm³/mol. The monoisotopic (exact) mass is 187 g/mol. The fraction of sp³-hybridized carbons (Fsp3) is 0.889. The summed E-state index contributed by atoms with van der Waals surface area (Å²) in [5.74, 6) is 0.409. The molecule has 0 aromatic carbocycles. The van der Waals surface area contributed by atoms with Crippen LogP contribution in [0.4, 0.5) is 0 Å². The Morgan fingerprint density at radius 3 is 2.42 bits per heavy atom. The Labute approximate surface area is 79.5 Å². The van der Waals surface area contributed by atoms with Crippen molar-refractivity contribution in [3.05, 3.63) is 0 Å². The van der Waals surface area contributed by atoms with Crippen LogP contribution in [-0.4, -0.2) is 17.2 Å². The van der Waals surface area contributed by atoms with Gasteiger partial charge in [0.05, 0.1) is 5.25 Å². The molecule has 1 rings (SSSR count). The average molecular weight is 187 g/mol. The van der Waals surface area contributed by atoms with Crippen LogP contribution in [0, 0.1) is 5.92 Å². The van der Waals surface area contributed by atoms with Crippen molar-refractivity contribution in [2.24, 2.45) is 5.92 Å². The zero-order valence-electron chi connectivity index (χ0n) is 7.71. The number of hydrogen-bond donors (Lipinski definition) is 2. The molecular weight excluding hydrogens is 170 g/mol. The van der Waals surface area contributed by atoms with Crippen molar-refractivity contribution in [3.8, 4) is 0 Å². The van der Waals surface area contributed by atoms with E-state index in [1.54, 1.807) is 0 Å². The van der Waals surface area contributed by atoms with E-state index in [1.165, 1.54) is 6.42 Å². The standard InChI is InChI=1S/C9H17NOS/c1-6(2)8(12)9(11)10-7-4-3-5-7/h6-8,12H,3-5H2,1-2H3,(H,10,11). The lowest BCUT2D eigenvalue weighted by atomic mass is 9.93. The summed E-state index contributed by atoms with van der Waals surface area (Å²) in [5, 5.41) is 2.83. The van der Waals surface area contributed by atoms with Gasteiger partial charge >= 0.3 is 0 Å². The van der Waals surface area contributed by atoms with Crippen LogP contribution in [0.25, 0.3) is 0 Å². The highest BCUT2D eigenvalue weighted by atomic mass is 32.1. The minimum atomic E-state index is -0.148. The third-order valence-corrected chi connectivity index (χ3v) is 3.18. The Balaban J connectivity index is 2.26. The maximum absolute atomic E-state index is 11.4. The molecule has 0 radical (unpaired) electrons. The SMILES string of the molecule is CC(C)C(S)C(=O)NC1CCC1. The lowest BCUT2D eigenvalue weighted by molar-refractivity contribution is -0.122. The Hall–Kier alpha value is -0.180. The van der Waals surface area contributed by atoms with Crippen molar-refractivity contribution in [1.82, 2.24) is 5.32 Å². The summed E-state index contributed by atoms with van der Waals surface area (Å²) in [5.41, 5.74) is 0. The second kappa shape index (κ2) is 4.17. The molecule has 1 aliphatic rings. The van der Waals surface area contributed by atoms with Gasteiger partial charge < -0.3 is 5.32 Å². The summed E-state index contributed by atoms with van der Waals surface area (Å²) in [7, 11) is 0. The van der Waals surface area contributed by atoms with Crippen molar-refractivity contribution in [2.75, 3.05) is 0 Å². The minimum Gasteiger partial charge on any atom is -0.352 e. The van der Waals surface area contributed by atoms with Crippen LogP contribution in [0.15, 0.2) is 0 Å². The summed E-state index contributed by atoms with van der Waals surface area (Å²) in [6.07, 6.45) is 3.54. The molecule has 1 N–H and O–H groups in total. The van der Waals surface area contributed by atoms with Crippen molar-refractivity contribution in [1.29, 1.82) is 0 Å². The van der Waals surface area contributed by atoms with Gasteiger partial charge in [-0.2, -0.15) is 12.6 Å². The van der Waals surface area contributed by atoms with Gasteiger partial charge in [-0.1, -0.05) is 13.8 Å². The summed E-state index contributed by atoms with van der Waals surface area (Å²) < 4.78 is 0. The predicted octanol–water partition coefficient (Wildman–Crippen LogP) is 1.61. The van der Waals surface area contributed by atoms with Crippen LogP contribution >= 0.6 is 12.6 Å². The van der Waals surface area contributed by atoms with E-state index in [9.17, 15) is 4.79 Å². The second-order valence-electron chi connectivity index (χ2n) is 3.83. The average Bonchev–Trinajstić information content (AvgIpc) is 1.94. The lowest BCUT2D eigenvalue weighted by Gasteiger charge is -2.28. The molecule has 0 aliphatic heterocycles. The molecular formula is C9H17NOS. The van der Waals surface area contributed by atoms with Gasteiger partial charge in [-0.25, -0.2) is 0 Å². The maximum atomic E-state index is 11.4. The molecule has 70 valence electrons. The van der Waals surface area contributed by atoms with Crippen molar-refractivity contribution < 1.29 is 4.79 Å². The van der Waals surface area contributed by atoms with Gasteiger partial charge in [0.25, 0.3) is 0 Å². The Bertz CT molecular complexity index is 166. The first-order chi connectivity index (χ1) is 5.61. The van der Waals surface area contributed by atoms with Gasteiger partial charge in [0.15, 0.2) is 0 Å². The maximum Gasteiger partial charge on any atom is 0.233 e. The third-order valence-electron chi connectivity index (χ3n) is 2.35. The molecule has 0 aromatic heterocycles. The zero-order valence-corrected chi connectivity index (χ0v) is 8.60. The number of nitrogens with one attached hydrogen (secondary N) is 1. The number of thiol groups is 1. The number of carbonyl (C=O) groups is 1. The molecule has 0 spiro atoms. The molecule has 1 atom stereocenters. The van der Waals surface area contributed by atoms with Crippen molar-refractivity contribution in [2.45, 2.75) is 44.4 Å². The van der Waals surface area contributed by atoms with Gasteiger partial charge in [-0.15, -0.1) is 0 Å². The van der Waals surface area contributed by atoms with Gasteiger partial charge in [-0.05, 0) is 25.2 Å². The molecule has 1 saturated carbocycles. The molecule has 1 aliphatic carbocycles. The smallest absolute Gasteiger partial charge is 0.233 e. The van der Waals surface area contributed by atoms with Crippen LogP contribution in [0.2, 0.25) is 0 Å². The highest BCUT2D eigenvalue weighted by molar-refractivity contribution is 7.81. The van der Waals surface area contributed by atoms with Gasteiger partial charge in [0.2, 0.25) is 5.91 Å². The zero-order chi connectivity index (χ0) is 9.14. The normalized spacial score (nSPS) is 20.3. The first-order valence-electron chi connectivity index (χ1n) is 4.59. The van der Waals surface area contributed by atoms with Crippen LogP contribution in [0.1, 0.15) is 33.1 Å². The fourth-order valence-electron chi connectivity index (χ4n) is 1.14. The van der Waals surface area contributed by atoms with E-state index in [2.05, 4.69) is 17.9 Å². The van der Waals surface area contributed by atoms with Crippen LogP contribution in [-0.2, 0) is 4.79 Å². The van der Waals surface area contributed by atoms with Crippen LogP contribution < -0.4 is 5.32 Å². The van der Waals surface area contributed by atoms with Crippen LogP contribution in [0.3, 0.4) is 0 Å². The second-order valence-corrected chi connectivity index (χ2v) is 4.38. The molecule has 0 saturated heterocycles. The van der Waals surface area contributed by atoms with E-state index in [4.69, 9.17) is 0 Å². The first kappa shape index (κ1) is 9.90. The van der Waals surface area contributed by atoms with E-state index in [0.29, 0.717) is 12.0 Å². The molecule has 2 nitrogen and oxygen atoms in total. The van der Waals surface area contributed by atoms with E-state index in [0.717, 1.165) is 12.8 Å². The fourth-order valence-corrected chi connectivity index (χ4v) is 1.22. The summed E-state index contributed by atoms with van der Waals surface area (Å²) in [4.78, 5) is 11.4. The molecule has 1 fully saturated rings. The molecule has 0 heterocycles. The highest BCUT2D eigenvalue weighted by Gasteiger charge is 2.24. The van der Waals surface area contributed by atoms with Gasteiger partial charge in [0.1, 0.15) is 0 Å². The van der Waals surface area contributed by atoms with Gasteiger partial charge in [0, 0.05) is 6.04 Å². The van der Waals surface area contributed by atoms with E-state index in [-0.39, 0.29) is 11.2 Å². The molecule has 1 amide bonds. The number of amides is 1. The molecule has 3 heteroatoms. The Morgan fingerprint density at radius 2 is 2.08 bits per heavy atom. The summed E-state index contributed by atoms with van der Waals surface area (Å²) >= 11 is 4.25. The van der Waals surface area contributed by atoms with E-state index in [1.807, 2.05) is 13.8 Å². The lowest BCUT2D eigenvalue weighted by Crippen LogP contribution is -2.44. The summed E-state index contributed by atoms with van der Waals surface area (Å²) in [6, 6.07) is 0.436. The largest absolute Gasteiger partial charge is 0.352 e. The number of rotatable bonds is 3. The number of hydrogen-bond acceptors (Lipinski definition) is 2. The molecule has 1 unspecified atom stereocenters. The Kier molecular flexibility index (Phi) is 3.44. The molecule has 0 aromatic rings. The highest BCUT2D eigenvalue weighted by Crippen LogP contribution is 2.19. The van der Waals surface area contributed by atoms with Crippen LogP contribution in [0.5, 0.6) is 0 Å². The van der Waals surface area contributed by atoms with Crippen molar-refractivity contribution >= 4 is 18.5 Å². The minimum absolute atomic E-state index is 0.0954. The topological polar surface area (TPSA) is 29.1 Å². The van der Waals surface area contributed by atoms with E-state index < -0.39 is 0 Å². The first-order valence-corrected chi connectivity index (χ1v) is 5.11. The third kappa shape index (κ3) is 2.41. The quantitative estimate of drug-likeness (QED) is 0.646. The summed E-state index contributed by atoms with van der Waals surface area (Å²) in [6.45, 7) is 4.02. The van der Waals surface area contributed by atoms with Gasteiger partial charge in [-0.3, -0.25) is 4.79 Å². The van der Waals surface area contributed by atoms with Crippen molar-refractivity contribution in [3.63, 3.8) is 0 Å². The Morgan fingerprint density at radius 1 is 1.50 bits per heavy atom. The molecule has 0 bridgehead atoms. The molecule has 12 heavy (non-hydrogen) atoms. The van der Waals surface area contributed by atoms with E-state index >= 15 is 0 Å². The number of carbonyl (C=O) groups excluding carboxylic acids is 1.